The summed E-state index contributed by atoms with van der Waals surface area (Å²) in [5, 5.41) is 3.79. The summed E-state index contributed by atoms with van der Waals surface area (Å²) >= 11 is 0. The Balaban J connectivity index is 1.22. The number of aromatic nitrogens is 3. The summed E-state index contributed by atoms with van der Waals surface area (Å²) in [7, 11) is 0. The van der Waals surface area contributed by atoms with Crippen molar-refractivity contribution in [2.24, 2.45) is 0 Å². The molecule has 0 radical (unpaired) electrons. The van der Waals surface area contributed by atoms with Crippen LogP contribution in [0.3, 0.4) is 0 Å². The molecule has 3 heteroatoms. The van der Waals surface area contributed by atoms with Gasteiger partial charge in [0.05, 0.1) is 6.85 Å². The Morgan fingerprint density at radius 2 is 0.860 bits per heavy atom. The van der Waals surface area contributed by atoms with E-state index in [0.717, 1.165) is 60.5 Å². The highest BCUT2D eigenvalue weighted by atomic mass is 15.0. The van der Waals surface area contributed by atoms with Crippen molar-refractivity contribution in [3.05, 3.63) is 188 Å². The molecule has 3 nitrogen and oxygen atoms in total. The molecule has 0 amide bonds. The first-order valence-corrected chi connectivity index (χ1v) is 16.5. The van der Waals surface area contributed by atoms with Gasteiger partial charge < -0.3 is 0 Å². The van der Waals surface area contributed by atoms with E-state index in [2.05, 4.69) is 42.5 Å². The van der Waals surface area contributed by atoms with E-state index in [9.17, 15) is 0 Å². The van der Waals surface area contributed by atoms with E-state index in [0.29, 0.717) is 23.0 Å². The molecule has 0 atom stereocenters. The summed E-state index contributed by atoms with van der Waals surface area (Å²) in [6.45, 7) is 0. The minimum Gasteiger partial charge on any atom is -0.208 e. The molecule has 1 aromatic heterocycles. The zero-order valence-corrected chi connectivity index (χ0v) is 26.9. The normalized spacial score (nSPS) is 12.6. The highest BCUT2D eigenvalue weighted by Gasteiger charge is 2.17. The van der Waals surface area contributed by atoms with Crippen molar-refractivity contribution >= 4 is 21.5 Å². The average molecular weight is 643 g/mol. The highest BCUT2D eigenvalue weighted by molar-refractivity contribution is 6.05. The fraction of sp³-hybridized carbons (Fsp3) is 0. The van der Waals surface area contributed by atoms with Crippen molar-refractivity contribution in [1.29, 1.82) is 0 Å². The van der Waals surface area contributed by atoms with E-state index in [1.807, 2.05) is 115 Å². The second-order valence-electron chi connectivity index (χ2n) is 12.1. The Bertz CT molecular complexity index is 2900. The Morgan fingerprint density at radius 3 is 1.58 bits per heavy atom. The first-order chi connectivity index (χ1) is 26.9. The van der Waals surface area contributed by atoms with Crippen molar-refractivity contribution in [2.75, 3.05) is 0 Å². The molecule has 0 aliphatic heterocycles. The van der Waals surface area contributed by atoms with Gasteiger partial charge in [-0.15, -0.1) is 0 Å². The van der Waals surface area contributed by atoms with E-state index in [1.54, 1.807) is 0 Å². The maximum absolute atomic E-state index is 8.66. The highest BCUT2D eigenvalue weighted by Crippen LogP contribution is 2.38. The minimum absolute atomic E-state index is 0.178. The van der Waals surface area contributed by atoms with Crippen LogP contribution in [0.25, 0.3) is 89.1 Å². The molecule has 8 aromatic carbocycles. The topological polar surface area (TPSA) is 38.7 Å². The molecule has 0 N–H and O–H groups in total. The molecule has 9 aromatic rings. The van der Waals surface area contributed by atoms with Crippen LogP contribution < -0.4 is 0 Å². The lowest BCUT2D eigenvalue weighted by atomic mass is 9.91. The van der Waals surface area contributed by atoms with Gasteiger partial charge in [-0.05, 0) is 73.1 Å². The Labute approximate surface area is 298 Å². The summed E-state index contributed by atoms with van der Waals surface area (Å²) in [5.74, 6) is 1.66. The van der Waals surface area contributed by atoms with Gasteiger partial charge in [0.2, 0.25) is 0 Å². The minimum atomic E-state index is -0.412. The summed E-state index contributed by atoms with van der Waals surface area (Å²) in [5.41, 5.74) is 7.35. The molecule has 1 heterocycles. The standard InChI is InChI=1S/C47H31N3/c1-4-15-32(16-5-1)38-30-35-21-10-11-24-39(35)44(31-38)47-49-45(34-19-8-3-9-20-34)48-46(50-47)37-23-14-22-36(29-37)41-28-27-40(33-17-6-2-7-18-33)42-25-12-13-26-43(41)42/h1-31H/i2D,6D,7D,17D,18D. The first kappa shape index (κ1) is 24.4. The third-order valence-corrected chi connectivity index (χ3v) is 9.00. The predicted molar refractivity (Wildman–Crippen MR) is 207 cm³/mol. The molecule has 0 saturated carbocycles. The monoisotopic (exact) mass is 642 g/mol. The number of fused-ring (bicyclic) bond motifs is 2. The molecule has 234 valence electrons. The summed E-state index contributed by atoms with van der Waals surface area (Å²) in [6, 6.07) is 50.9. The molecule has 0 aliphatic rings. The number of nitrogens with zero attached hydrogens (tertiary/aromatic N) is 3. The largest absolute Gasteiger partial charge is 0.208 e. The lowest BCUT2D eigenvalue weighted by Crippen LogP contribution is -2.01. The van der Waals surface area contributed by atoms with Crippen LogP contribution in [0, 0.1) is 0 Å². The maximum atomic E-state index is 8.66. The van der Waals surface area contributed by atoms with Crippen molar-refractivity contribution in [1.82, 2.24) is 15.0 Å². The Kier molecular flexibility index (Phi) is 6.22. The van der Waals surface area contributed by atoms with E-state index in [1.165, 1.54) is 0 Å². The molecule has 50 heavy (non-hydrogen) atoms. The SMILES string of the molecule is [2H]c1c([2H])c([2H])c(-c2ccc(-c3cccc(-c4nc(-c5ccccc5)nc(-c5cc(-c6ccccc6)cc6ccccc56)n4)c3)c3ccccc23)c([2H])c1[2H]. The van der Waals surface area contributed by atoms with Gasteiger partial charge in [-0.25, -0.2) is 15.0 Å². The van der Waals surface area contributed by atoms with Gasteiger partial charge in [-0.3, -0.25) is 0 Å². The van der Waals surface area contributed by atoms with E-state index in [-0.39, 0.29) is 29.7 Å². The second kappa shape index (κ2) is 12.7. The van der Waals surface area contributed by atoms with Gasteiger partial charge in [-0.2, -0.15) is 0 Å². The van der Waals surface area contributed by atoms with Crippen molar-refractivity contribution in [3.63, 3.8) is 0 Å². The van der Waals surface area contributed by atoms with Crippen LogP contribution in [0.5, 0.6) is 0 Å². The molecule has 0 unspecified atom stereocenters. The molecule has 9 rings (SSSR count). The van der Waals surface area contributed by atoms with Crippen LogP contribution in [0.1, 0.15) is 6.85 Å². The summed E-state index contributed by atoms with van der Waals surface area (Å²) in [6.07, 6.45) is 0. The average Bonchev–Trinajstić information content (AvgIpc) is 3.25. The molecule has 0 aliphatic carbocycles. The zero-order chi connectivity index (χ0) is 37.6. The number of hydrogen-bond acceptors (Lipinski definition) is 3. The number of benzene rings is 8. The van der Waals surface area contributed by atoms with Gasteiger partial charge in [0.1, 0.15) is 0 Å². The van der Waals surface area contributed by atoms with Crippen LogP contribution in [0.2, 0.25) is 0 Å². The lowest BCUT2D eigenvalue weighted by Gasteiger charge is -2.14. The second-order valence-corrected chi connectivity index (χ2v) is 12.1. The number of hydrogen-bond donors (Lipinski definition) is 0. The lowest BCUT2D eigenvalue weighted by molar-refractivity contribution is 1.08. The smallest absolute Gasteiger partial charge is 0.164 e. The molecule has 0 fully saturated rings. The first-order valence-electron chi connectivity index (χ1n) is 19.0. The zero-order valence-electron chi connectivity index (χ0n) is 31.9. The molecular weight excluding hydrogens is 607 g/mol. The van der Waals surface area contributed by atoms with E-state index in [4.69, 9.17) is 21.8 Å². The third kappa shape index (κ3) is 5.51. The maximum Gasteiger partial charge on any atom is 0.164 e. The van der Waals surface area contributed by atoms with Gasteiger partial charge in [0, 0.05) is 16.7 Å². The van der Waals surface area contributed by atoms with Crippen molar-refractivity contribution < 1.29 is 6.85 Å². The Morgan fingerprint density at radius 1 is 0.320 bits per heavy atom. The van der Waals surface area contributed by atoms with Crippen LogP contribution in [0.4, 0.5) is 0 Å². The Hall–Kier alpha value is -6.71. The number of rotatable bonds is 6. The summed E-state index contributed by atoms with van der Waals surface area (Å²) in [4.78, 5) is 15.3. The van der Waals surface area contributed by atoms with E-state index < -0.39 is 6.04 Å². The molecule has 0 saturated heterocycles. The van der Waals surface area contributed by atoms with Crippen LogP contribution in [0.15, 0.2) is 188 Å². The summed E-state index contributed by atoms with van der Waals surface area (Å²) < 4.78 is 42.0. The van der Waals surface area contributed by atoms with Crippen molar-refractivity contribution in [2.45, 2.75) is 0 Å². The van der Waals surface area contributed by atoms with Gasteiger partial charge in [0.25, 0.3) is 0 Å². The fourth-order valence-corrected chi connectivity index (χ4v) is 6.61. The van der Waals surface area contributed by atoms with Gasteiger partial charge >= 0.3 is 0 Å². The van der Waals surface area contributed by atoms with Crippen LogP contribution in [-0.2, 0) is 0 Å². The van der Waals surface area contributed by atoms with E-state index >= 15 is 0 Å². The van der Waals surface area contributed by atoms with Crippen LogP contribution in [-0.4, -0.2) is 15.0 Å². The van der Waals surface area contributed by atoms with Crippen LogP contribution >= 0.6 is 0 Å². The van der Waals surface area contributed by atoms with Crippen molar-refractivity contribution in [3.8, 4) is 67.5 Å². The predicted octanol–water partition coefficient (Wildman–Crippen LogP) is 12.2. The molecular formula is C47H31N3. The fourth-order valence-electron chi connectivity index (χ4n) is 6.61. The van der Waals surface area contributed by atoms with Gasteiger partial charge in [-0.1, -0.05) is 170 Å². The molecule has 0 bridgehead atoms. The molecule has 0 spiro atoms. The van der Waals surface area contributed by atoms with Gasteiger partial charge in [0.15, 0.2) is 17.5 Å². The quantitative estimate of drug-likeness (QED) is 0.181. The third-order valence-electron chi connectivity index (χ3n) is 9.00.